The van der Waals surface area contributed by atoms with E-state index in [4.69, 9.17) is 14.9 Å². The molecule has 0 spiro atoms. The van der Waals surface area contributed by atoms with Gasteiger partial charge in [0.25, 0.3) is 0 Å². The predicted molar refractivity (Wildman–Crippen MR) is 90.7 cm³/mol. The van der Waals surface area contributed by atoms with Crippen molar-refractivity contribution >= 4 is 21.8 Å². The number of ether oxygens (including phenoxy) is 2. The van der Waals surface area contributed by atoms with Crippen molar-refractivity contribution in [2.45, 2.75) is 32.2 Å². The average Bonchev–Trinajstić information content (AvgIpc) is 2.79. The van der Waals surface area contributed by atoms with Gasteiger partial charge >= 0.3 is 0 Å². The number of rotatable bonds is 2. The highest BCUT2D eigenvalue weighted by atomic mass is 79.9. The molecule has 4 atom stereocenters. The number of nitrogens with zero attached hydrogens (tertiary/aromatic N) is 3. The van der Waals surface area contributed by atoms with E-state index in [0.29, 0.717) is 12.0 Å². The quantitative estimate of drug-likeness (QED) is 0.816. The molecule has 1 N–H and O–H groups in total. The molecule has 1 aromatic rings. The summed E-state index contributed by atoms with van der Waals surface area (Å²) in [6, 6.07) is 13.3. The smallest absolute Gasteiger partial charge is 0.243 e. The van der Waals surface area contributed by atoms with E-state index < -0.39 is 28.6 Å². The van der Waals surface area contributed by atoms with Crippen molar-refractivity contribution in [1.82, 2.24) is 0 Å². The lowest BCUT2D eigenvalue weighted by molar-refractivity contribution is -0.285. The molecule has 2 aliphatic rings. The van der Waals surface area contributed by atoms with Gasteiger partial charge in [0, 0.05) is 10.0 Å². The molecular weight excluding hydrogens is 384 g/mol. The van der Waals surface area contributed by atoms with Gasteiger partial charge in [-0.25, -0.2) is 0 Å². The highest BCUT2D eigenvalue weighted by Gasteiger charge is 2.79. The number of halogens is 1. The minimum Gasteiger partial charge on any atom is -0.443 e. The number of fused-ring (bicyclic) bond motifs is 2. The zero-order chi connectivity index (χ0) is 18.5. The minimum absolute atomic E-state index is 0.339. The van der Waals surface area contributed by atoms with Crippen LogP contribution in [-0.2, 0) is 15.3 Å². The molecule has 0 saturated carbocycles. The Morgan fingerprint density at radius 1 is 1.16 bits per heavy atom. The van der Waals surface area contributed by atoms with Crippen LogP contribution in [0.25, 0.3) is 0 Å². The average molecular weight is 399 g/mol. The summed E-state index contributed by atoms with van der Waals surface area (Å²) in [6.07, 6.45) is -0.517. The van der Waals surface area contributed by atoms with Gasteiger partial charge < -0.3 is 9.47 Å². The maximum atomic E-state index is 9.99. The first kappa shape index (κ1) is 17.4. The molecule has 2 heterocycles. The molecule has 0 radical (unpaired) electrons. The van der Waals surface area contributed by atoms with Crippen LogP contribution in [0, 0.1) is 56.2 Å². The number of hydrogen-bond acceptors (Lipinski definition) is 6. The first-order valence-electron chi connectivity index (χ1n) is 7.84. The number of nitriles is 3. The van der Waals surface area contributed by atoms with E-state index in [2.05, 4.69) is 22.0 Å². The summed E-state index contributed by atoms with van der Waals surface area (Å²) in [7, 11) is 0. The van der Waals surface area contributed by atoms with Gasteiger partial charge in [0.2, 0.25) is 11.7 Å². The second kappa shape index (κ2) is 5.56. The van der Waals surface area contributed by atoms with Crippen molar-refractivity contribution < 1.29 is 9.47 Å². The summed E-state index contributed by atoms with van der Waals surface area (Å²) in [6.45, 7) is 3.48. The monoisotopic (exact) mass is 398 g/mol. The molecule has 2 bridgehead atoms. The van der Waals surface area contributed by atoms with Gasteiger partial charge in [-0.3, -0.25) is 5.41 Å². The summed E-state index contributed by atoms with van der Waals surface area (Å²) in [5, 5.41) is 38.0. The van der Waals surface area contributed by atoms with Gasteiger partial charge in [0.05, 0.1) is 30.2 Å². The Balaban J connectivity index is 2.31. The summed E-state index contributed by atoms with van der Waals surface area (Å²) in [5.41, 5.74) is -2.85. The van der Waals surface area contributed by atoms with E-state index in [0.717, 1.165) is 4.47 Å². The van der Waals surface area contributed by atoms with Crippen LogP contribution in [0.15, 0.2) is 28.7 Å². The molecule has 3 rings (SSSR count). The lowest BCUT2D eigenvalue weighted by Crippen LogP contribution is -2.60. The standard InChI is InChI=1S/C18H15BrN4O2/c1-3-14-16(8-20,9-21)17(10-22)11(2)18(24-14,25-15(17)23)12-4-6-13(19)7-5-12/h4-7,11,14,23H,3H2,1-2H3. The van der Waals surface area contributed by atoms with Gasteiger partial charge in [-0.2, -0.15) is 15.8 Å². The molecule has 126 valence electrons. The second-order valence-corrected chi connectivity index (χ2v) is 7.21. The van der Waals surface area contributed by atoms with Crippen molar-refractivity contribution in [3.63, 3.8) is 0 Å². The molecule has 25 heavy (non-hydrogen) atoms. The van der Waals surface area contributed by atoms with Crippen molar-refractivity contribution in [2.75, 3.05) is 0 Å². The van der Waals surface area contributed by atoms with Crippen LogP contribution in [0.3, 0.4) is 0 Å². The normalized spacial score (nSPS) is 35.1. The van der Waals surface area contributed by atoms with Crippen LogP contribution >= 0.6 is 15.9 Å². The molecule has 0 aromatic heterocycles. The lowest BCUT2D eigenvalue weighted by atomic mass is 9.54. The summed E-state index contributed by atoms with van der Waals surface area (Å²) < 4.78 is 12.9. The topological polar surface area (TPSA) is 114 Å². The molecule has 2 saturated heterocycles. The number of benzene rings is 1. The molecule has 1 aromatic carbocycles. The Kier molecular flexibility index (Phi) is 3.88. The van der Waals surface area contributed by atoms with Crippen LogP contribution in [0.5, 0.6) is 0 Å². The van der Waals surface area contributed by atoms with Crippen molar-refractivity contribution in [3.05, 3.63) is 34.3 Å². The van der Waals surface area contributed by atoms with E-state index >= 15 is 0 Å². The molecule has 0 aliphatic carbocycles. The van der Waals surface area contributed by atoms with Crippen LogP contribution in [0.1, 0.15) is 25.8 Å². The van der Waals surface area contributed by atoms with E-state index in [1.165, 1.54) is 0 Å². The summed E-state index contributed by atoms with van der Waals surface area (Å²) >= 11 is 3.37. The van der Waals surface area contributed by atoms with Crippen LogP contribution in [0.2, 0.25) is 0 Å². The molecule has 2 aliphatic heterocycles. The number of nitrogens with one attached hydrogen (secondary N) is 1. The summed E-state index contributed by atoms with van der Waals surface area (Å²) in [4.78, 5) is 0. The first-order chi connectivity index (χ1) is 11.9. The van der Waals surface area contributed by atoms with E-state index in [1.807, 2.05) is 24.3 Å². The molecule has 6 nitrogen and oxygen atoms in total. The van der Waals surface area contributed by atoms with Crippen LogP contribution < -0.4 is 0 Å². The maximum Gasteiger partial charge on any atom is 0.243 e. The van der Waals surface area contributed by atoms with Crippen molar-refractivity contribution in [3.8, 4) is 18.2 Å². The third-order valence-corrected chi connectivity index (χ3v) is 5.93. The van der Waals surface area contributed by atoms with Crippen molar-refractivity contribution in [1.29, 1.82) is 21.2 Å². The Morgan fingerprint density at radius 2 is 1.76 bits per heavy atom. The maximum absolute atomic E-state index is 9.99. The Bertz CT molecular complexity index is 849. The number of hydrogen-bond donors (Lipinski definition) is 1. The second-order valence-electron chi connectivity index (χ2n) is 6.29. The zero-order valence-corrected chi connectivity index (χ0v) is 15.3. The Labute approximate surface area is 154 Å². The third kappa shape index (κ3) is 1.82. The van der Waals surface area contributed by atoms with Gasteiger partial charge in [0.1, 0.15) is 0 Å². The van der Waals surface area contributed by atoms with Crippen molar-refractivity contribution in [2.24, 2.45) is 16.7 Å². The highest BCUT2D eigenvalue weighted by Crippen LogP contribution is 2.65. The van der Waals surface area contributed by atoms with Gasteiger partial charge in [-0.05, 0) is 18.6 Å². The molecule has 4 unspecified atom stereocenters. The third-order valence-electron chi connectivity index (χ3n) is 5.40. The molecule has 7 heteroatoms. The molecular formula is C18H15BrN4O2. The Morgan fingerprint density at radius 3 is 2.24 bits per heavy atom. The van der Waals surface area contributed by atoms with E-state index in [1.54, 1.807) is 26.0 Å². The molecule has 2 fully saturated rings. The fraction of sp³-hybridized carbons (Fsp3) is 0.444. The first-order valence-corrected chi connectivity index (χ1v) is 8.63. The predicted octanol–water partition coefficient (Wildman–Crippen LogP) is 3.60. The van der Waals surface area contributed by atoms with Gasteiger partial charge in [-0.1, -0.05) is 41.9 Å². The van der Waals surface area contributed by atoms with E-state index in [9.17, 15) is 15.8 Å². The Hall–Kier alpha value is -2.40. The highest BCUT2D eigenvalue weighted by molar-refractivity contribution is 9.10. The fourth-order valence-electron chi connectivity index (χ4n) is 4.03. The summed E-state index contributed by atoms with van der Waals surface area (Å²) in [5.74, 6) is -2.46. The largest absolute Gasteiger partial charge is 0.443 e. The zero-order valence-electron chi connectivity index (χ0n) is 13.7. The minimum atomic E-state index is -1.80. The van der Waals surface area contributed by atoms with Crippen LogP contribution in [-0.4, -0.2) is 12.0 Å². The fourth-order valence-corrected chi connectivity index (χ4v) is 4.30. The SMILES string of the molecule is CCC1OC2(c3ccc(Br)cc3)OC(=N)C(C#N)(C2C)C1(C#N)C#N. The lowest BCUT2D eigenvalue weighted by Gasteiger charge is -2.48. The van der Waals surface area contributed by atoms with Gasteiger partial charge in [0.15, 0.2) is 10.8 Å². The van der Waals surface area contributed by atoms with Gasteiger partial charge in [-0.15, -0.1) is 0 Å². The van der Waals surface area contributed by atoms with Crippen LogP contribution in [0.4, 0.5) is 0 Å². The van der Waals surface area contributed by atoms with E-state index in [-0.39, 0.29) is 5.90 Å². The molecule has 0 amide bonds.